The van der Waals surface area contributed by atoms with E-state index in [0.717, 1.165) is 11.6 Å². The molecule has 0 N–H and O–H groups in total. The Kier molecular flexibility index (Phi) is 8.75. The molecular weight excluding hydrogens is 527 g/mol. The van der Waals surface area contributed by atoms with E-state index in [9.17, 15) is 17.6 Å². The van der Waals surface area contributed by atoms with Gasteiger partial charge in [0.1, 0.15) is 11.6 Å². The summed E-state index contributed by atoms with van der Waals surface area (Å²) in [5.74, 6) is 0.0110. The molecule has 38 heavy (non-hydrogen) atoms. The van der Waals surface area contributed by atoms with Gasteiger partial charge in [-0.1, -0.05) is 41.9 Å². The molecule has 3 aromatic rings. The van der Waals surface area contributed by atoms with E-state index in [1.54, 1.807) is 43.1 Å². The largest absolute Gasteiger partial charge is 0.493 e. The zero-order valence-corrected chi connectivity index (χ0v) is 23.1. The highest BCUT2D eigenvalue weighted by molar-refractivity contribution is 7.89. The molecule has 0 spiro atoms. The van der Waals surface area contributed by atoms with Crippen molar-refractivity contribution in [3.8, 4) is 5.75 Å². The van der Waals surface area contributed by atoms with Crippen molar-refractivity contribution in [3.05, 3.63) is 94.8 Å². The molecule has 3 aromatic carbocycles. The Hall–Kier alpha value is -2.94. The van der Waals surface area contributed by atoms with Gasteiger partial charge in [-0.3, -0.25) is 4.79 Å². The first-order chi connectivity index (χ1) is 18.1. The number of rotatable bonds is 9. The highest BCUT2D eigenvalue weighted by Gasteiger charge is 2.43. The molecule has 0 radical (unpaired) electrons. The Labute approximate surface area is 229 Å². The molecular formula is C29H32ClFN2O4S. The Morgan fingerprint density at radius 3 is 2.50 bits per heavy atom. The van der Waals surface area contributed by atoms with Crippen LogP contribution in [-0.2, 0) is 21.4 Å². The zero-order chi connectivity index (χ0) is 27.3. The number of carbonyl (C=O) groups excluding carboxylic acids is 1. The van der Waals surface area contributed by atoms with Crippen LogP contribution in [0.25, 0.3) is 0 Å². The van der Waals surface area contributed by atoms with E-state index >= 15 is 0 Å². The first kappa shape index (κ1) is 28.1. The van der Waals surface area contributed by atoms with Crippen molar-refractivity contribution in [2.45, 2.75) is 37.6 Å². The lowest BCUT2D eigenvalue weighted by molar-refractivity contribution is -0.134. The lowest BCUT2D eigenvalue weighted by atomic mass is 9.78. The van der Waals surface area contributed by atoms with Crippen LogP contribution in [0.2, 0.25) is 5.02 Å². The summed E-state index contributed by atoms with van der Waals surface area (Å²) in [6, 6.07) is 20.3. The molecule has 1 amide bonds. The molecule has 1 saturated heterocycles. The van der Waals surface area contributed by atoms with Crippen molar-refractivity contribution < 1.29 is 22.3 Å². The summed E-state index contributed by atoms with van der Waals surface area (Å²) in [6.07, 6.45) is 1.32. The van der Waals surface area contributed by atoms with Crippen molar-refractivity contribution in [3.63, 3.8) is 0 Å². The number of ether oxygens (including phenoxy) is 1. The smallest absolute Gasteiger partial charge is 0.243 e. The van der Waals surface area contributed by atoms with Crippen LogP contribution in [-0.4, -0.2) is 50.3 Å². The molecule has 1 fully saturated rings. The van der Waals surface area contributed by atoms with E-state index in [0.29, 0.717) is 42.3 Å². The van der Waals surface area contributed by atoms with Gasteiger partial charge in [0.25, 0.3) is 0 Å². The third kappa shape index (κ3) is 6.73. The molecule has 0 aliphatic carbocycles. The van der Waals surface area contributed by atoms with Gasteiger partial charge in [0.2, 0.25) is 15.9 Å². The predicted molar refractivity (Wildman–Crippen MR) is 146 cm³/mol. The SMILES string of the molecule is Cc1cc(F)ccc1S(=O)(=O)N1CCC[C@](COc2ccc(Cl)cc2)(CC(=O)N(C)Cc2ccccc2)C1. The minimum Gasteiger partial charge on any atom is -0.493 e. The number of carbonyl (C=O) groups is 1. The Morgan fingerprint density at radius 1 is 1.11 bits per heavy atom. The molecule has 1 aliphatic heterocycles. The highest BCUT2D eigenvalue weighted by atomic mass is 35.5. The number of nitrogens with zero attached hydrogens (tertiary/aromatic N) is 2. The van der Waals surface area contributed by atoms with Crippen LogP contribution < -0.4 is 4.74 Å². The van der Waals surface area contributed by atoms with Gasteiger partial charge in [0, 0.05) is 43.5 Å². The van der Waals surface area contributed by atoms with Crippen LogP contribution in [0.3, 0.4) is 0 Å². The van der Waals surface area contributed by atoms with Crippen LogP contribution in [0.1, 0.15) is 30.4 Å². The van der Waals surface area contributed by atoms with Crippen LogP contribution in [0.4, 0.5) is 4.39 Å². The molecule has 202 valence electrons. The quantitative estimate of drug-likeness (QED) is 0.338. The van der Waals surface area contributed by atoms with Gasteiger partial charge in [-0.15, -0.1) is 0 Å². The fraction of sp³-hybridized carbons (Fsp3) is 0.345. The first-order valence-corrected chi connectivity index (χ1v) is 14.3. The summed E-state index contributed by atoms with van der Waals surface area (Å²) < 4.78 is 48.5. The molecule has 0 unspecified atom stereocenters. The highest BCUT2D eigenvalue weighted by Crippen LogP contribution is 2.38. The van der Waals surface area contributed by atoms with E-state index < -0.39 is 21.3 Å². The molecule has 0 aromatic heterocycles. The minimum absolute atomic E-state index is 0.0702. The van der Waals surface area contributed by atoms with Gasteiger partial charge >= 0.3 is 0 Å². The topological polar surface area (TPSA) is 66.9 Å². The van der Waals surface area contributed by atoms with Crippen molar-refractivity contribution in [2.24, 2.45) is 5.41 Å². The molecule has 0 saturated carbocycles. The van der Waals surface area contributed by atoms with Crippen molar-refractivity contribution in [2.75, 3.05) is 26.7 Å². The van der Waals surface area contributed by atoms with Crippen LogP contribution in [0, 0.1) is 18.2 Å². The van der Waals surface area contributed by atoms with E-state index in [-0.39, 0.29) is 30.4 Å². The predicted octanol–water partition coefficient (Wildman–Crippen LogP) is 5.69. The van der Waals surface area contributed by atoms with Gasteiger partial charge < -0.3 is 9.64 Å². The minimum atomic E-state index is -3.90. The summed E-state index contributed by atoms with van der Waals surface area (Å²) >= 11 is 6.01. The lowest BCUT2D eigenvalue weighted by Crippen LogP contribution is -2.50. The van der Waals surface area contributed by atoms with E-state index in [1.807, 2.05) is 30.3 Å². The summed E-state index contributed by atoms with van der Waals surface area (Å²) in [5, 5.41) is 0.578. The number of hydrogen-bond donors (Lipinski definition) is 0. The summed E-state index contributed by atoms with van der Waals surface area (Å²) in [6.45, 7) is 2.62. The van der Waals surface area contributed by atoms with E-state index in [4.69, 9.17) is 16.3 Å². The average molecular weight is 559 g/mol. The maximum absolute atomic E-state index is 13.7. The molecule has 6 nitrogen and oxygen atoms in total. The van der Waals surface area contributed by atoms with Gasteiger partial charge in [0.15, 0.2) is 0 Å². The fourth-order valence-electron chi connectivity index (χ4n) is 4.89. The second-order valence-corrected chi connectivity index (χ2v) is 12.3. The van der Waals surface area contributed by atoms with Crippen molar-refractivity contribution in [1.82, 2.24) is 9.21 Å². The lowest BCUT2D eigenvalue weighted by Gasteiger charge is -2.42. The Morgan fingerprint density at radius 2 is 1.82 bits per heavy atom. The molecule has 1 atom stereocenters. The number of hydrogen-bond acceptors (Lipinski definition) is 4. The number of aryl methyl sites for hydroxylation is 1. The van der Waals surface area contributed by atoms with Gasteiger partial charge in [-0.05, 0) is 73.4 Å². The standard InChI is InChI=1S/C29H32ClFN2O4S/c1-22-17-25(31)11-14-27(22)38(35,36)33-16-6-15-29(20-33,21-37-26-12-9-24(30)10-13-26)18-28(34)32(2)19-23-7-4-3-5-8-23/h3-5,7-14,17H,6,15-16,18-21H2,1-2H3/t29-/m0/s1. The summed E-state index contributed by atoms with van der Waals surface area (Å²) in [7, 11) is -2.15. The first-order valence-electron chi connectivity index (χ1n) is 12.5. The Balaban J connectivity index is 1.59. The van der Waals surface area contributed by atoms with Crippen LogP contribution >= 0.6 is 11.6 Å². The zero-order valence-electron chi connectivity index (χ0n) is 21.6. The van der Waals surface area contributed by atoms with Crippen LogP contribution in [0.5, 0.6) is 5.75 Å². The van der Waals surface area contributed by atoms with Crippen LogP contribution in [0.15, 0.2) is 77.7 Å². The van der Waals surface area contributed by atoms with Gasteiger partial charge in [0.05, 0.1) is 11.5 Å². The third-order valence-electron chi connectivity index (χ3n) is 6.95. The van der Waals surface area contributed by atoms with Gasteiger partial charge in [-0.2, -0.15) is 4.31 Å². The monoisotopic (exact) mass is 558 g/mol. The molecule has 1 heterocycles. The molecule has 9 heteroatoms. The third-order valence-corrected chi connectivity index (χ3v) is 9.21. The second kappa shape index (κ2) is 11.8. The van der Waals surface area contributed by atoms with E-state index in [2.05, 4.69) is 0 Å². The fourth-order valence-corrected chi connectivity index (χ4v) is 6.81. The Bertz CT molecular complexity index is 1370. The number of halogens is 2. The summed E-state index contributed by atoms with van der Waals surface area (Å²) in [4.78, 5) is 15.2. The summed E-state index contributed by atoms with van der Waals surface area (Å²) in [5.41, 5.74) is 0.604. The number of benzene rings is 3. The van der Waals surface area contributed by atoms with Crippen molar-refractivity contribution >= 4 is 27.5 Å². The van der Waals surface area contributed by atoms with Gasteiger partial charge in [-0.25, -0.2) is 12.8 Å². The number of piperidine rings is 1. The maximum atomic E-state index is 13.7. The molecule has 1 aliphatic rings. The second-order valence-electron chi connectivity index (χ2n) is 10.0. The van der Waals surface area contributed by atoms with E-state index in [1.165, 1.54) is 16.4 Å². The number of amides is 1. The average Bonchev–Trinajstić information content (AvgIpc) is 2.89. The number of sulfonamides is 1. The maximum Gasteiger partial charge on any atom is 0.243 e. The molecule has 0 bridgehead atoms. The van der Waals surface area contributed by atoms with Crippen molar-refractivity contribution in [1.29, 1.82) is 0 Å². The molecule has 4 rings (SSSR count). The normalized spacial score (nSPS) is 18.2.